The highest BCUT2D eigenvalue weighted by molar-refractivity contribution is 8.05. The SMILES string of the molecule is CN=[S@](=O)(C[C@]1(O)CCC[C@]2(CCCS2)[C@@]12CCCS2)c1ccccc1. The molecule has 26 heavy (non-hydrogen) atoms. The van der Waals surface area contributed by atoms with E-state index in [0.717, 1.165) is 36.3 Å². The van der Waals surface area contributed by atoms with E-state index in [0.29, 0.717) is 0 Å². The van der Waals surface area contributed by atoms with Gasteiger partial charge in [0.25, 0.3) is 0 Å². The molecule has 0 aromatic heterocycles. The van der Waals surface area contributed by atoms with Crippen LogP contribution in [0, 0.1) is 0 Å². The molecule has 4 rings (SSSR count). The van der Waals surface area contributed by atoms with Crippen LogP contribution < -0.4 is 0 Å². The molecule has 3 nitrogen and oxygen atoms in total. The molecule has 3 aliphatic rings. The average molecular weight is 412 g/mol. The van der Waals surface area contributed by atoms with E-state index in [9.17, 15) is 9.32 Å². The maximum absolute atomic E-state index is 13.8. The van der Waals surface area contributed by atoms with Crippen LogP contribution in [0.2, 0.25) is 0 Å². The van der Waals surface area contributed by atoms with Crippen LogP contribution in [0.3, 0.4) is 0 Å². The van der Waals surface area contributed by atoms with Crippen LogP contribution in [0.25, 0.3) is 0 Å². The molecule has 1 aromatic rings. The summed E-state index contributed by atoms with van der Waals surface area (Å²) in [6, 6.07) is 9.57. The summed E-state index contributed by atoms with van der Waals surface area (Å²) in [5.74, 6) is 2.58. The maximum atomic E-state index is 13.8. The second-order valence-corrected chi connectivity index (χ2v) is 13.2. The van der Waals surface area contributed by atoms with Crippen molar-refractivity contribution in [1.82, 2.24) is 0 Å². The van der Waals surface area contributed by atoms with Gasteiger partial charge < -0.3 is 5.11 Å². The van der Waals surface area contributed by atoms with E-state index in [1.54, 1.807) is 7.05 Å². The molecule has 1 aromatic carbocycles. The standard InChI is InChI=1S/C20H29NO2S3/c1-21-26(23,17-8-3-2-4-9-17)16-18(22)10-5-11-19(12-6-14-24-19)20(18)13-7-15-25-20/h2-4,8-9,22H,5-7,10-16H2,1H3/t18-,19+,20-,26+/m1/s1. The molecule has 1 aliphatic carbocycles. The summed E-state index contributed by atoms with van der Waals surface area (Å²) in [6.45, 7) is 0. The first-order valence-electron chi connectivity index (χ1n) is 9.68. The zero-order chi connectivity index (χ0) is 18.3. The van der Waals surface area contributed by atoms with Crippen molar-refractivity contribution in [3.63, 3.8) is 0 Å². The molecule has 2 saturated heterocycles. The lowest BCUT2D eigenvalue weighted by Gasteiger charge is -2.58. The van der Waals surface area contributed by atoms with Crippen molar-refractivity contribution in [3.05, 3.63) is 30.3 Å². The Morgan fingerprint density at radius 2 is 1.73 bits per heavy atom. The molecule has 1 N–H and O–H groups in total. The Morgan fingerprint density at radius 1 is 1.04 bits per heavy atom. The minimum Gasteiger partial charge on any atom is -0.387 e. The second kappa shape index (κ2) is 7.02. The average Bonchev–Trinajstić information content (AvgIpc) is 3.32. The van der Waals surface area contributed by atoms with E-state index in [4.69, 9.17) is 0 Å². The van der Waals surface area contributed by atoms with Crippen molar-refractivity contribution in [3.8, 4) is 0 Å². The molecule has 3 fully saturated rings. The molecule has 2 heterocycles. The Bertz CT molecular complexity index is 761. The van der Waals surface area contributed by atoms with Crippen LogP contribution in [0.5, 0.6) is 0 Å². The highest BCUT2D eigenvalue weighted by Crippen LogP contribution is 2.66. The van der Waals surface area contributed by atoms with Gasteiger partial charge in [0.15, 0.2) is 0 Å². The van der Waals surface area contributed by atoms with Gasteiger partial charge in [-0.05, 0) is 68.6 Å². The number of nitrogens with zero attached hydrogens (tertiary/aromatic N) is 1. The first-order chi connectivity index (χ1) is 12.5. The third-order valence-corrected chi connectivity index (χ3v) is 13.0. The van der Waals surface area contributed by atoms with E-state index in [-0.39, 0.29) is 15.2 Å². The smallest absolute Gasteiger partial charge is 0.0934 e. The molecule has 0 bridgehead atoms. The molecule has 0 radical (unpaired) electrons. The third kappa shape index (κ3) is 2.78. The summed E-state index contributed by atoms with van der Waals surface area (Å²) in [5.41, 5.74) is -0.907. The molecule has 6 heteroatoms. The Balaban J connectivity index is 1.77. The van der Waals surface area contributed by atoms with Crippen molar-refractivity contribution in [2.75, 3.05) is 24.3 Å². The first-order valence-corrected chi connectivity index (χ1v) is 13.3. The zero-order valence-electron chi connectivity index (χ0n) is 15.5. The normalized spacial score (nSPS) is 39.3. The molecule has 0 unspecified atom stereocenters. The molecule has 4 atom stereocenters. The van der Waals surface area contributed by atoms with Crippen molar-refractivity contribution >= 4 is 33.3 Å². The van der Waals surface area contributed by atoms with Gasteiger partial charge in [0, 0.05) is 16.7 Å². The fourth-order valence-electron chi connectivity index (χ4n) is 5.47. The molecule has 2 aliphatic heterocycles. The van der Waals surface area contributed by atoms with Gasteiger partial charge in [-0.25, -0.2) is 8.57 Å². The fraction of sp³-hybridized carbons (Fsp3) is 0.700. The molecule has 0 amide bonds. The number of hydrogen-bond donors (Lipinski definition) is 1. The van der Waals surface area contributed by atoms with Crippen LogP contribution in [0.15, 0.2) is 39.6 Å². The number of rotatable bonds is 3. The largest absolute Gasteiger partial charge is 0.387 e. The van der Waals surface area contributed by atoms with Crippen molar-refractivity contribution < 1.29 is 9.32 Å². The summed E-state index contributed by atoms with van der Waals surface area (Å²) in [4.78, 5) is 0.757. The summed E-state index contributed by atoms with van der Waals surface area (Å²) < 4.78 is 18.2. The lowest BCUT2D eigenvalue weighted by Crippen LogP contribution is -2.67. The summed E-state index contributed by atoms with van der Waals surface area (Å²) in [6.07, 6.45) is 7.63. The van der Waals surface area contributed by atoms with Gasteiger partial charge in [-0.15, -0.1) is 0 Å². The van der Waals surface area contributed by atoms with Crippen molar-refractivity contribution in [1.29, 1.82) is 0 Å². The van der Waals surface area contributed by atoms with Gasteiger partial charge in [-0.3, -0.25) is 0 Å². The number of aliphatic hydroxyl groups is 1. The second-order valence-electron chi connectivity index (χ2n) is 7.89. The minimum atomic E-state index is -2.62. The Labute approximate surface area is 166 Å². The fourth-order valence-corrected chi connectivity index (χ4v) is 11.7. The van der Waals surface area contributed by atoms with Gasteiger partial charge in [0.1, 0.15) is 0 Å². The minimum absolute atomic E-state index is 0.159. The highest BCUT2D eigenvalue weighted by atomic mass is 32.2. The van der Waals surface area contributed by atoms with E-state index in [1.165, 1.54) is 25.0 Å². The zero-order valence-corrected chi connectivity index (χ0v) is 17.9. The molecule has 1 saturated carbocycles. The Kier molecular flexibility index (Phi) is 5.17. The quantitative estimate of drug-likeness (QED) is 0.790. The first kappa shape index (κ1) is 19.2. The van der Waals surface area contributed by atoms with Crippen molar-refractivity contribution in [2.24, 2.45) is 4.36 Å². The van der Waals surface area contributed by atoms with Gasteiger partial charge >= 0.3 is 0 Å². The maximum Gasteiger partial charge on any atom is 0.0934 e. The summed E-state index contributed by atoms with van der Waals surface area (Å²) >= 11 is 4.07. The van der Waals surface area contributed by atoms with Crippen LogP contribution in [0.1, 0.15) is 44.9 Å². The number of fused-ring (bicyclic) bond motifs is 1. The topological polar surface area (TPSA) is 49.7 Å². The Hall–Kier alpha value is -0.170. The van der Waals surface area contributed by atoms with Gasteiger partial charge in [0.05, 0.1) is 25.8 Å². The molecule has 2 spiro atoms. The van der Waals surface area contributed by atoms with Gasteiger partial charge in [0.2, 0.25) is 0 Å². The highest BCUT2D eigenvalue weighted by Gasteiger charge is 2.67. The predicted octanol–water partition coefficient (Wildman–Crippen LogP) is 4.59. The van der Waals surface area contributed by atoms with Gasteiger partial charge in [-0.1, -0.05) is 18.2 Å². The monoisotopic (exact) mass is 411 g/mol. The predicted molar refractivity (Wildman–Crippen MR) is 114 cm³/mol. The lowest BCUT2D eigenvalue weighted by molar-refractivity contribution is -0.0260. The van der Waals surface area contributed by atoms with E-state index < -0.39 is 15.3 Å². The van der Waals surface area contributed by atoms with E-state index in [2.05, 4.69) is 16.1 Å². The van der Waals surface area contributed by atoms with Crippen molar-refractivity contribution in [2.45, 2.75) is 64.9 Å². The Morgan fingerprint density at radius 3 is 2.35 bits per heavy atom. The van der Waals surface area contributed by atoms with Gasteiger partial charge in [-0.2, -0.15) is 23.5 Å². The third-order valence-electron chi connectivity index (χ3n) is 6.62. The van der Waals surface area contributed by atoms with Crippen LogP contribution in [0.4, 0.5) is 0 Å². The van der Waals surface area contributed by atoms with Crippen LogP contribution in [-0.4, -0.2) is 48.7 Å². The molecule has 144 valence electrons. The molecular formula is C20H29NO2S3. The van der Waals surface area contributed by atoms with E-state index in [1.807, 2.05) is 42.1 Å². The number of benzene rings is 1. The molecular weight excluding hydrogens is 382 g/mol. The van der Waals surface area contributed by atoms with Crippen LogP contribution >= 0.6 is 23.5 Å². The van der Waals surface area contributed by atoms with E-state index >= 15 is 0 Å². The number of hydrogen-bond acceptors (Lipinski definition) is 5. The number of thioether (sulfide) groups is 2. The lowest BCUT2D eigenvalue weighted by atomic mass is 9.65. The van der Waals surface area contributed by atoms with Crippen LogP contribution in [-0.2, 0) is 9.73 Å². The summed E-state index contributed by atoms with van der Waals surface area (Å²) in [5, 5.41) is 12.1. The summed E-state index contributed by atoms with van der Waals surface area (Å²) in [7, 11) is -0.972.